The van der Waals surface area contributed by atoms with Crippen molar-refractivity contribution >= 4 is 0 Å². The van der Waals surface area contributed by atoms with E-state index in [1.165, 1.54) is 77.0 Å². The summed E-state index contributed by atoms with van der Waals surface area (Å²) in [5, 5.41) is 0. The van der Waals surface area contributed by atoms with Crippen molar-refractivity contribution in [3.05, 3.63) is 0 Å². The summed E-state index contributed by atoms with van der Waals surface area (Å²) >= 11 is 0. The topological polar surface area (TPSA) is 0 Å². The fraction of sp³-hybridized carbons (Fsp3) is 1.00. The van der Waals surface area contributed by atoms with Crippen molar-refractivity contribution in [2.75, 3.05) is 0 Å². The molecule has 108 valence electrons. The molecule has 1 aliphatic carbocycles. The van der Waals surface area contributed by atoms with Crippen molar-refractivity contribution < 1.29 is 0 Å². The van der Waals surface area contributed by atoms with Gasteiger partial charge >= 0.3 is 0 Å². The van der Waals surface area contributed by atoms with Gasteiger partial charge in [0.15, 0.2) is 0 Å². The molecule has 0 spiro atoms. The van der Waals surface area contributed by atoms with Gasteiger partial charge in [-0.2, -0.15) is 0 Å². The highest BCUT2D eigenvalue weighted by Crippen LogP contribution is 2.35. The molecular weight excluding hydrogens is 216 g/mol. The SMILES string of the molecule is CCCC1CCCC(C(CCC)CCC)CCC1. The summed E-state index contributed by atoms with van der Waals surface area (Å²) in [4.78, 5) is 0. The van der Waals surface area contributed by atoms with Crippen LogP contribution < -0.4 is 0 Å². The molecule has 0 aliphatic heterocycles. The van der Waals surface area contributed by atoms with Gasteiger partial charge in [0.1, 0.15) is 0 Å². The Hall–Kier alpha value is 0. The normalized spacial score (nSPS) is 26.0. The molecule has 0 saturated heterocycles. The summed E-state index contributed by atoms with van der Waals surface area (Å²) in [6.45, 7) is 7.08. The molecule has 0 atom stereocenters. The largest absolute Gasteiger partial charge is 0.0654 e. The Labute approximate surface area is 116 Å². The van der Waals surface area contributed by atoms with E-state index < -0.39 is 0 Å². The van der Waals surface area contributed by atoms with Crippen LogP contribution in [0.25, 0.3) is 0 Å². The molecule has 0 aromatic heterocycles. The monoisotopic (exact) mass is 252 g/mol. The minimum Gasteiger partial charge on any atom is -0.0654 e. The first kappa shape index (κ1) is 16.1. The first-order chi connectivity index (χ1) is 8.81. The molecule has 1 fully saturated rings. The van der Waals surface area contributed by atoms with Crippen molar-refractivity contribution in [2.24, 2.45) is 17.8 Å². The summed E-state index contributed by atoms with van der Waals surface area (Å²) in [5.41, 5.74) is 0. The third-order valence-corrected chi connectivity index (χ3v) is 5.06. The van der Waals surface area contributed by atoms with E-state index in [-0.39, 0.29) is 0 Å². The van der Waals surface area contributed by atoms with Crippen LogP contribution in [0.1, 0.15) is 97.8 Å². The molecule has 1 saturated carbocycles. The fourth-order valence-electron chi connectivity index (χ4n) is 4.15. The molecule has 0 bridgehead atoms. The maximum Gasteiger partial charge on any atom is -0.0386 e. The first-order valence-electron chi connectivity index (χ1n) is 8.81. The highest BCUT2D eigenvalue weighted by atomic mass is 14.3. The number of hydrogen-bond acceptors (Lipinski definition) is 0. The van der Waals surface area contributed by atoms with Crippen LogP contribution in [-0.2, 0) is 0 Å². The van der Waals surface area contributed by atoms with Crippen LogP contribution in [0.4, 0.5) is 0 Å². The van der Waals surface area contributed by atoms with Gasteiger partial charge in [-0.1, -0.05) is 97.8 Å². The van der Waals surface area contributed by atoms with Crippen LogP contribution in [0.2, 0.25) is 0 Å². The Kier molecular flexibility index (Phi) is 8.80. The minimum absolute atomic E-state index is 1.04. The van der Waals surface area contributed by atoms with Gasteiger partial charge in [0.25, 0.3) is 0 Å². The fourth-order valence-corrected chi connectivity index (χ4v) is 4.15. The molecule has 0 radical (unpaired) electrons. The molecule has 0 N–H and O–H groups in total. The average molecular weight is 252 g/mol. The van der Waals surface area contributed by atoms with Crippen LogP contribution in [0.15, 0.2) is 0 Å². The van der Waals surface area contributed by atoms with Crippen LogP contribution in [-0.4, -0.2) is 0 Å². The van der Waals surface area contributed by atoms with E-state index in [0.29, 0.717) is 0 Å². The van der Waals surface area contributed by atoms with Crippen molar-refractivity contribution in [1.29, 1.82) is 0 Å². The van der Waals surface area contributed by atoms with Crippen molar-refractivity contribution in [3.63, 3.8) is 0 Å². The van der Waals surface area contributed by atoms with E-state index in [9.17, 15) is 0 Å². The second-order valence-corrected chi connectivity index (χ2v) is 6.61. The molecule has 18 heavy (non-hydrogen) atoms. The maximum absolute atomic E-state index is 2.36. The van der Waals surface area contributed by atoms with E-state index in [1.54, 1.807) is 0 Å². The third-order valence-electron chi connectivity index (χ3n) is 5.06. The highest BCUT2D eigenvalue weighted by molar-refractivity contribution is 4.74. The molecule has 0 nitrogen and oxygen atoms in total. The molecule has 0 amide bonds. The van der Waals surface area contributed by atoms with Gasteiger partial charge in [-0.25, -0.2) is 0 Å². The Balaban J connectivity index is 2.39. The number of hydrogen-bond donors (Lipinski definition) is 0. The first-order valence-corrected chi connectivity index (χ1v) is 8.81. The van der Waals surface area contributed by atoms with Gasteiger partial charge in [0, 0.05) is 0 Å². The Morgan fingerprint density at radius 3 is 1.78 bits per heavy atom. The van der Waals surface area contributed by atoms with Crippen LogP contribution in [0.5, 0.6) is 0 Å². The average Bonchev–Trinajstić information content (AvgIpc) is 2.32. The molecule has 0 heterocycles. The van der Waals surface area contributed by atoms with Crippen LogP contribution in [0.3, 0.4) is 0 Å². The minimum atomic E-state index is 1.04. The van der Waals surface area contributed by atoms with Gasteiger partial charge in [-0.05, 0) is 17.8 Å². The zero-order valence-corrected chi connectivity index (χ0v) is 13.2. The summed E-state index contributed by atoms with van der Waals surface area (Å²) in [7, 11) is 0. The molecule has 0 heteroatoms. The van der Waals surface area contributed by atoms with Crippen LogP contribution in [0, 0.1) is 17.8 Å². The summed E-state index contributed by atoms with van der Waals surface area (Å²) in [5.74, 6) is 3.17. The Bertz CT molecular complexity index is 168. The van der Waals surface area contributed by atoms with E-state index in [4.69, 9.17) is 0 Å². The number of rotatable bonds is 7. The summed E-state index contributed by atoms with van der Waals surface area (Å²) in [6, 6.07) is 0. The zero-order chi connectivity index (χ0) is 13.2. The van der Waals surface area contributed by atoms with Crippen molar-refractivity contribution in [2.45, 2.75) is 97.8 Å². The summed E-state index contributed by atoms with van der Waals surface area (Å²) in [6.07, 6.45) is 17.8. The predicted octanol–water partition coefficient (Wildman–Crippen LogP) is 6.59. The molecule has 0 aromatic rings. The predicted molar refractivity (Wildman–Crippen MR) is 82.9 cm³/mol. The van der Waals surface area contributed by atoms with Crippen molar-refractivity contribution in [3.8, 4) is 0 Å². The summed E-state index contributed by atoms with van der Waals surface area (Å²) < 4.78 is 0. The van der Waals surface area contributed by atoms with Gasteiger partial charge in [-0.15, -0.1) is 0 Å². The second-order valence-electron chi connectivity index (χ2n) is 6.61. The van der Waals surface area contributed by atoms with Gasteiger partial charge in [-0.3, -0.25) is 0 Å². The lowest BCUT2D eigenvalue weighted by molar-refractivity contribution is 0.216. The molecular formula is C18H36. The van der Waals surface area contributed by atoms with Gasteiger partial charge < -0.3 is 0 Å². The molecule has 0 unspecified atom stereocenters. The van der Waals surface area contributed by atoms with E-state index in [1.807, 2.05) is 0 Å². The lowest BCUT2D eigenvalue weighted by Crippen LogP contribution is -2.18. The Morgan fingerprint density at radius 1 is 0.778 bits per heavy atom. The second kappa shape index (κ2) is 9.87. The standard InChI is InChI=1S/C18H36/c1-4-9-16-12-7-14-18(15-8-13-16)17(10-5-2)11-6-3/h16-18H,4-15H2,1-3H3. The van der Waals surface area contributed by atoms with E-state index in [2.05, 4.69) is 20.8 Å². The quantitative estimate of drug-likeness (QED) is 0.479. The van der Waals surface area contributed by atoms with Crippen LogP contribution >= 0.6 is 0 Å². The van der Waals surface area contributed by atoms with E-state index >= 15 is 0 Å². The zero-order valence-electron chi connectivity index (χ0n) is 13.2. The maximum atomic E-state index is 2.36. The smallest absolute Gasteiger partial charge is 0.0386 e. The van der Waals surface area contributed by atoms with Gasteiger partial charge in [0.2, 0.25) is 0 Å². The molecule has 1 aliphatic rings. The molecule has 1 rings (SSSR count). The third kappa shape index (κ3) is 5.76. The Morgan fingerprint density at radius 2 is 1.33 bits per heavy atom. The lowest BCUT2D eigenvalue weighted by atomic mass is 9.75. The lowest BCUT2D eigenvalue weighted by Gasteiger charge is -2.30. The van der Waals surface area contributed by atoms with Gasteiger partial charge in [0.05, 0.1) is 0 Å². The van der Waals surface area contributed by atoms with Crippen molar-refractivity contribution in [1.82, 2.24) is 0 Å². The molecule has 0 aromatic carbocycles. The highest BCUT2D eigenvalue weighted by Gasteiger charge is 2.22. The van der Waals surface area contributed by atoms with E-state index in [0.717, 1.165) is 17.8 Å².